The molecule has 0 heterocycles. The molecule has 0 bridgehead atoms. The van der Waals surface area contributed by atoms with Crippen LogP contribution in [0.25, 0.3) is 0 Å². The van der Waals surface area contributed by atoms with Crippen LogP contribution in [0.2, 0.25) is 0 Å². The standard InChI is InChI=1S/C24H25NOS/c1-17(2)22-11-7-8-18(3)23(22)25-24(26)20-14-12-19(13-15-20)16-27-21-9-5-4-6-10-21/h4-15,17H,16H2,1-3H3,(H,25,26). The Morgan fingerprint density at radius 2 is 1.63 bits per heavy atom. The maximum atomic E-state index is 12.7. The fourth-order valence-electron chi connectivity index (χ4n) is 2.96. The summed E-state index contributed by atoms with van der Waals surface area (Å²) in [7, 11) is 0. The van der Waals surface area contributed by atoms with Gasteiger partial charge in [-0.3, -0.25) is 4.79 Å². The lowest BCUT2D eigenvalue weighted by Crippen LogP contribution is -2.14. The SMILES string of the molecule is Cc1cccc(C(C)C)c1NC(=O)c1ccc(CSc2ccccc2)cc1. The number of thioether (sulfide) groups is 1. The van der Waals surface area contributed by atoms with E-state index >= 15 is 0 Å². The third kappa shape index (κ3) is 5.01. The number of hydrogen-bond acceptors (Lipinski definition) is 2. The van der Waals surface area contributed by atoms with Gasteiger partial charge in [-0.1, -0.05) is 62.4 Å². The molecule has 0 radical (unpaired) electrons. The third-order valence-corrected chi connectivity index (χ3v) is 5.61. The number of nitrogens with one attached hydrogen (secondary N) is 1. The molecule has 0 saturated carbocycles. The first-order valence-electron chi connectivity index (χ1n) is 9.22. The predicted octanol–water partition coefficient (Wildman–Crippen LogP) is 6.66. The Morgan fingerprint density at radius 1 is 0.926 bits per heavy atom. The van der Waals surface area contributed by atoms with Crippen LogP contribution in [0.15, 0.2) is 77.7 Å². The molecule has 3 heteroatoms. The van der Waals surface area contributed by atoms with Crippen molar-refractivity contribution in [1.29, 1.82) is 0 Å². The summed E-state index contributed by atoms with van der Waals surface area (Å²) in [6.45, 7) is 6.32. The molecule has 138 valence electrons. The quantitative estimate of drug-likeness (QED) is 0.488. The molecule has 3 aromatic carbocycles. The van der Waals surface area contributed by atoms with Gasteiger partial charge in [-0.25, -0.2) is 0 Å². The first-order chi connectivity index (χ1) is 13.0. The number of amides is 1. The summed E-state index contributed by atoms with van der Waals surface area (Å²) in [5, 5.41) is 3.11. The van der Waals surface area contributed by atoms with Gasteiger partial charge in [0.15, 0.2) is 0 Å². The third-order valence-electron chi connectivity index (χ3n) is 4.53. The minimum Gasteiger partial charge on any atom is -0.321 e. The highest BCUT2D eigenvalue weighted by Gasteiger charge is 2.13. The van der Waals surface area contributed by atoms with Crippen LogP contribution in [0.5, 0.6) is 0 Å². The average molecular weight is 376 g/mol. The highest BCUT2D eigenvalue weighted by Crippen LogP contribution is 2.28. The van der Waals surface area contributed by atoms with Crippen LogP contribution < -0.4 is 5.32 Å². The zero-order valence-corrected chi connectivity index (χ0v) is 16.8. The molecule has 27 heavy (non-hydrogen) atoms. The van der Waals surface area contributed by atoms with Crippen molar-refractivity contribution in [2.24, 2.45) is 0 Å². The molecule has 3 aromatic rings. The van der Waals surface area contributed by atoms with Crippen molar-refractivity contribution in [1.82, 2.24) is 0 Å². The number of benzene rings is 3. The van der Waals surface area contributed by atoms with E-state index < -0.39 is 0 Å². The van der Waals surface area contributed by atoms with E-state index in [1.54, 1.807) is 11.8 Å². The summed E-state index contributed by atoms with van der Waals surface area (Å²) in [6, 6.07) is 24.4. The lowest BCUT2D eigenvalue weighted by molar-refractivity contribution is 0.102. The summed E-state index contributed by atoms with van der Waals surface area (Å²) in [5.74, 6) is 1.19. The maximum Gasteiger partial charge on any atom is 0.255 e. The van der Waals surface area contributed by atoms with E-state index in [0.717, 1.165) is 17.0 Å². The fraction of sp³-hybridized carbons (Fsp3) is 0.208. The number of hydrogen-bond donors (Lipinski definition) is 1. The summed E-state index contributed by atoms with van der Waals surface area (Å²) >= 11 is 1.80. The van der Waals surface area contributed by atoms with E-state index in [2.05, 4.69) is 37.4 Å². The second-order valence-electron chi connectivity index (χ2n) is 6.95. The van der Waals surface area contributed by atoms with Gasteiger partial charge in [-0.2, -0.15) is 0 Å². The van der Waals surface area contributed by atoms with Crippen LogP contribution in [0.4, 0.5) is 5.69 Å². The van der Waals surface area contributed by atoms with Gasteiger partial charge in [0.2, 0.25) is 0 Å². The van der Waals surface area contributed by atoms with Crippen molar-refractivity contribution in [2.45, 2.75) is 37.3 Å². The Kier molecular flexibility index (Phi) is 6.36. The Balaban J connectivity index is 1.68. The van der Waals surface area contributed by atoms with Crippen molar-refractivity contribution in [3.8, 4) is 0 Å². The van der Waals surface area contributed by atoms with E-state index in [0.29, 0.717) is 11.5 Å². The van der Waals surface area contributed by atoms with Crippen LogP contribution >= 0.6 is 11.8 Å². The Morgan fingerprint density at radius 3 is 2.30 bits per heavy atom. The number of rotatable bonds is 6. The van der Waals surface area contributed by atoms with Gasteiger partial charge in [-0.15, -0.1) is 11.8 Å². The van der Waals surface area contributed by atoms with Crippen molar-refractivity contribution >= 4 is 23.4 Å². The zero-order valence-electron chi connectivity index (χ0n) is 16.0. The van der Waals surface area contributed by atoms with Gasteiger partial charge in [0.25, 0.3) is 5.91 Å². The lowest BCUT2D eigenvalue weighted by atomic mass is 9.98. The normalized spacial score (nSPS) is 10.8. The number of carbonyl (C=O) groups excluding carboxylic acids is 1. The molecule has 2 nitrogen and oxygen atoms in total. The van der Waals surface area contributed by atoms with E-state index in [1.807, 2.05) is 61.5 Å². The largest absolute Gasteiger partial charge is 0.321 e. The highest BCUT2D eigenvalue weighted by atomic mass is 32.2. The molecule has 0 aliphatic rings. The second kappa shape index (κ2) is 8.92. The monoisotopic (exact) mass is 375 g/mol. The summed E-state index contributed by atoms with van der Waals surface area (Å²) < 4.78 is 0. The van der Waals surface area contributed by atoms with Crippen LogP contribution in [0, 0.1) is 6.92 Å². The molecule has 0 fully saturated rings. The van der Waals surface area contributed by atoms with Crippen LogP contribution in [-0.4, -0.2) is 5.91 Å². The van der Waals surface area contributed by atoms with Gasteiger partial charge in [0.05, 0.1) is 0 Å². The molecule has 0 aromatic heterocycles. The summed E-state index contributed by atoms with van der Waals surface area (Å²) in [6.07, 6.45) is 0. The maximum absolute atomic E-state index is 12.7. The molecule has 0 unspecified atom stereocenters. The van der Waals surface area contributed by atoms with Crippen LogP contribution in [-0.2, 0) is 5.75 Å². The van der Waals surface area contributed by atoms with Gasteiger partial charge in [0.1, 0.15) is 0 Å². The molecule has 1 N–H and O–H groups in total. The van der Waals surface area contributed by atoms with E-state index in [1.165, 1.54) is 16.0 Å². The highest BCUT2D eigenvalue weighted by molar-refractivity contribution is 7.98. The number of carbonyl (C=O) groups is 1. The molecule has 1 amide bonds. The average Bonchev–Trinajstić information content (AvgIpc) is 2.69. The minimum absolute atomic E-state index is 0.0616. The molecule has 0 saturated heterocycles. The summed E-state index contributed by atoms with van der Waals surface area (Å²) in [4.78, 5) is 14.0. The van der Waals surface area contributed by atoms with Gasteiger partial charge in [-0.05, 0) is 53.8 Å². The van der Waals surface area contributed by atoms with E-state index in [9.17, 15) is 4.79 Å². The first-order valence-corrected chi connectivity index (χ1v) is 10.2. The van der Waals surface area contributed by atoms with Gasteiger partial charge < -0.3 is 5.32 Å². The predicted molar refractivity (Wildman–Crippen MR) is 116 cm³/mol. The van der Waals surface area contributed by atoms with E-state index in [4.69, 9.17) is 0 Å². The van der Waals surface area contributed by atoms with Crippen LogP contribution in [0.3, 0.4) is 0 Å². The van der Waals surface area contributed by atoms with Crippen molar-refractivity contribution < 1.29 is 4.79 Å². The van der Waals surface area contributed by atoms with Crippen molar-refractivity contribution in [3.05, 3.63) is 95.1 Å². The Labute approximate surface area is 166 Å². The molecule has 0 aliphatic heterocycles. The minimum atomic E-state index is -0.0616. The molecular formula is C24H25NOS. The molecule has 0 aliphatic carbocycles. The van der Waals surface area contributed by atoms with Gasteiger partial charge >= 0.3 is 0 Å². The first kappa shape index (κ1) is 19.2. The number of para-hydroxylation sites is 1. The molecular weight excluding hydrogens is 350 g/mol. The van der Waals surface area contributed by atoms with Gasteiger partial charge in [0, 0.05) is 21.9 Å². The Bertz CT molecular complexity index is 901. The lowest BCUT2D eigenvalue weighted by Gasteiger charge is -2.16. The zero-order chi connectivity index (χ0) is 19.2. The molecule has 3 rings (SSSR count). The fourth-order valence-corrected chi connectivity index (χ4v) is 3.84. The van der Waals surface area contributed by atoms with Crippen molar-refractivity contribution in [2.75, 3.05) is 5.32 Å². The Hall–Kier alpha value is -2.52. The number of aryl methyl sites for hydroxylation is 1. The van der Waals surface area contributed by atoms with E-state index in [-0.39, 0.29) is 5.91 Å². The summed E-state index contributed by atoms with van der Waals surface area (Å²) in [5.41, 5.74) is 5.08. The molecule has 0 atom stereocenters. The van der Waals surface area contributed by atoms with Crippen LogP contribution in [0.1, 0.15) is 46.8 Å². The second-order valence-corrected chi connectivity index (χ2v) is 8.00. The number of anilines is 1. The smallest absolute Gasteiger partial charge is 0.255 e. The topological polar surface area (TPSA) is 29.1 Å². The van der Waals surface area contributed by atoms with Crippen molar-refractivity contribution in [3.63, 3.8) is 0 Å². The molecule has 0 spiro atoms.